The van der Waals surface area contributed by atoms with Crippen LogP contribution in [-0.2, 0) is 11.1 Å². The molecule has 0 aliphatic heterocycles. The van der Waals surface area contributed by atoms with Gasteiger partial charge in [-0.15, -0.1) is 0 Å². The van der Waals surface area contributed by atoms with Crippen LogP contribution >= 0.6 is 0 Å². The van der Waals surface area contributed by atoms with Crippen LogP contribution in [0.25, 0.3) is 16.6 Å². The lowest BCUT2D eigenvalue weighted by atomic mass is 10.2. The minimum Gasteiger partial charge on any atom is -0.768 e. The van der Waals surface area contributed by atoms with E-state index in [1.807, 2.05) is 41.1 Å². The number of nitrogens with zero attached hydrogens (tertiary/aromatic N) is 1. The van der Waals surface area contributed by atoms with Crippen LogP contribution in [0.3, 0.4) is 0 Å². The number of hydrogen-bond acceptors (Lipinski definition) is 2. The highest BCUT2D eigenvalue weighted by atomic mass is 32.2. The maximum atomic E-state index is 10.8. The van der Waals surface area contributed by atoms with Crippen LogP contribution in [0.2, 0.25) is 0 Å². The Morgan fingerprint density at radius 2 is 1.67 bits per heavy atom. The summed E-state index contributed by atoms with van der Waals surface area (Å²) < 4.78 is 23.6. The van der Waals surface area contributed by atoms with Crippen molar-refractivity contribution in [2.24, 2.45) is 0 Å². The highest BCUT2D eigenvalue weighted by Gasteiger charge is 2.02. The van der Waals surface area contributed by atoms with E-state index in [4.69, 9.17) is 0 Å². The zero-order chi connectivity index (χ0) is 12.5. The fraction of sp³-hybridized carbons (Fsp3) is 0. The lowest BCUT2D eigenvalue weighted by molar-refractivity contribution is 0.537. The molecular weight excluding hydrogens is 246 g/mol. The van der Waals surface area contributed by atoms with E-state index in [-0.39, 0.29) is 0 Å². The summed E-state index contributed by atoms with van der Waals surface area (Å²) in [6, 6.07) is 16.9. The second-order valence-corrected chi connectivity index (χ2v) is 4.91. The summed E-state index contributed by atoms with van der Waals surface area (Å²) in [4.78, 5) is 0.301. The second kappa shape index (κ2) is 4.40. The van der Waals surface area contributed by atoms with Gasteiger partial charge in [0.25, 0.3) is 0 Å². The molecule has 0 aliphatic rings. The largest absolute Gasteiger partial charge is 0.768 e. The number of hydrogen-bond donors (Lipinski definition) is 0. The van der Waals surface area contributed by atoms with E-state index in [1.165, 1.54) is 0 Å². The maximum Gasteiger partial charge on any atom is 0.0528 e. The van der Waals surface area contributed by atoms with Crippen LogP contribution in [0.4, 0.5) is 0 Å². The van der Waals surface area contributed by atoms with E-state index in [9.17, 15) is 8.76 Å². The molecule has 0 bridgehead atoms. The van der Waals surface area contributed by atoms with Gasteiger partial charge in [0.15, 0.2) is 0 Å². The topological polar surface area (TPSA) is 45.1 Å². The molecule has 90 valence electrons. The predicted octanol–water partition coefficient (Wildman–Crippen LogP) is 2.87. The van der Waals surface area contributed by atoms with Gasteiger partial charge in [-0.05, 0) is 52.9 Å². The molecule has 0 amide bonds. The zero-order valence-electron chi connectivity index (χ0n) is 9.45. The average Bonchev–Trinajstić information content (AvgIpc) is 2.82. The summed E-state index contributed by atoms with van der Waals surface area (Å²) in [7, 11) is 0. The minimum absolute atomic E-state index is 0.301. The summed E-state index contributed by atoms with van der Waals surface area (Å²) >= 11 is -2.17. The minimum atomic E-state index is -2.17. The Balaban J connectivity index is 2.12. The van der Waals surface area contributed by atoms with Crippen molar-refractivity contribution in [3.63, 3.8) is 0 Å². The first-order valence-corrected chi connectivity index (χ1v) is 6.59. The van der Waals surface area contributed by atoms with Crippen LogP contribution < -0.4 is 0 Å². The Bertz CT molecular complexity index is 716. The van der Waals surface area contributed by atoms with E-state index < -0.39 is 11.1 Å². The summed E-state index contributed by atoms with van der Waals surface area (Å²) in [5, 5.41) is 1.16. The van der Waals surface area contributed by atoms with Crippen LogP contribution in [0, 0.1) is 0 Å². The molecule has 0 saturated carbocycles. The van der Waals surface area contributed by atoms with Crippen molar-refractivity contribution >= 4 is 22.0 Å². The Morgan fingerprint density at radius 3 is 2.39 bits per heavy atom. The molecule has 0 aliphatic carbocycles. The summed E-state index contributed by atoms with van der Waals surface area (Å²) in [6.45, 7) is 0. The van der Waals surface area contributed by atoms with Gasteiger partial charge in [-0.25, -0.2) is 0 Å². The molecule has 1 heterocycles. The molecule has 0 saturated heterocycles. The highest BCUT2D eigenvalue weighted by molar-refractivity contribution is 7.79. The number of rotatable bonds is 2. The smallest absolute Gasteiger partial charge is 0.0528 e. The fourth-order valence-electron chi connectivity index (χ4n) is 2.03. The second-order valence-electron chi connectivity index (χ2n) is 3.97. The van der Waals surface area contributed by atoms with Gasteiger partial charge in [0.05, 0.1) is 5.52 Å². The standard InChI is InChI=1S/C14H11NO2S/c16-18(17)13-7-5-12(6-8-13)15-10-9-11-3-1-2-4-14(11)15/h1-10H,(H,16,17)/p-1. The molecule has 0 spiro atoms. The number of aromatic nitrogens is 1. The number of para-hydroxylation sites is 1. The lowest BCUT2D eigenvalue weighted by Gasteiger charge is -2.08. The van der Waals surface area contributed by atoms with Gasteiger partial charge in [-0.2, -0.15) is 0 Å². The molecular formula is C14H10NO2S-. The van der Waals surface area contributed by atoms with Crippen molar-refractivity contribution in [3.05, 3.63) is 60.8 Å². The maximum absolute atomic E-state index is 10.8. The van der Waals surface area contributed by atoms with E-state index in [1.54, 1.807) is 24.3 Å². The monoisotopic (exact) mass is 256 g/mol. The van der Waals surface area contributed by atoms with Gasteiger partial charge in [-0.3, -0.25) is 4.21 Å². The Labute approximate surface area is 107 Å². The molecule has 2 aromatic carbocycles. The molecule has 3 rings (SSSR count). The first kappa shape index (κ1) is 11.2. The van der Waals surface area contributed by atoms with Crippen molar-refractivity contribution in [1.82, 2.24) is 4.57 Å². The zero-order valence-corrected chi connectivity index (χ0v) is 10.3. The quantitative estimate of drug-likeness (QED) is 0.662. The van der Waals surface area contributed by atoms with Gasteiger partial charge in [0.2, 0.25) is 0 Å². The number of fused-ring (bicyclic) bond motifs is 1. The van der Waals surface area contributed by atoms with Gasteiger partial charge in [0, 0.05) is 16.8 Å². The molecule has 0 fully saturated rings. The Kier molecular flexibility index (Phi) is 2.74. The SMILES string of the molecule is O=S([O-])c1ccc(-n2ccc3ccccc32)cc1. The van der Waals surface area contributed by atoms with E-state index in [2.05, 4.69) is 0 Å². The predicted molar refractivity (Wildman–Crippen MR) is 70.5 cm³/mol. The van der Waals surface area contributed by atoms with Crippen LogP contribution in [0.5, 0.6) is 0 Å². The first-order chi connectivity index (χ1) is 8.75. The van der Waals surface area contributed by atoms with Gasteiger partial charge in [-0.1, -0.05) is 18.2 Å². The highest BCUT2D eigenvalue weighted by Crippen LogP contribution is 2.20. The fourth-order valence-corrected chi connectivity index (χ4v) is 2.38. The van der Waals surface area contributed by atoms with Crippen molar-refractivity contribution in [2.45, 2.75) is 4.90 Å². The van der Waals surface area contributed by atoms with E-state index in [0.717, 1.165) is 16.6 Å². The molecule has 3 nitrogen and oxygen atoms in total. The number of benzene rings is 2. The van der Waals surface area contributed by atoms with E-state index in [0.29, 0.717) is 4.90 Å². The third-order valence-corrected chi connectivity index (χ3v) is 3.56. The van der Waals surface area contributed by atoms with Crippen molar-refractivity contribution < 1.29 is 8.76 Å². The lowest BCUT2D eigenvalue weighted by Crippen LogP contribution is -1.93. The van der Waals surface area contributed by atoms with Crippen molar-refractivity contribution in [2.75, 3.05) is 0 Å². The van der Waals surface area contributed by atoms with Gasteiger partial charge >= 0.3 is 0 Å². The Morgan fingerprint density at radius 1 is 0.944 bits per heavy atom. The van der Waals surface area contributed by atoms with Crippen molar-refractivity contribution in [1.29, 1.82) is 0 Å². The molecule has 4 heteroatoms. The van der Waals surface area contributed by atoms with Crippen LogP contribution in [-0.4, -0.2) is 13.3 Å². The van der Waals surface area contributed by atoms with Gasteiger partial charge in [0.1, 0.15) is 0 Å². The third-order valence-electron chi connectivity index (χ3n) is 2.91. The molecule has 0 radical (unpaired) electrons. The average molecular weight is 256 g/mol. The molecule has 3 aromatic rings. The summed E-state index contributed by atoms with van der Waals surface area (Å²) in [5.41, 5.74) is 2.05. The van der Waals surface area contributed by atoms with Crippen molar-refractivity contribution in [3.8, 4) is 5.69 Å². The molecule has 1 atom stereocenters. The van der Waals surface area contributed by atoms with Gasteiger partial charge < -0.3 is 9.12 Å². The molecule has 18 heavy (non-hydrogen) atoms. The summed E-state index contributed by atoms with van der Waals surface area (Å²) in [6.07, 6.45) is 1.98. The first-order valence-electron chi connectivity index (χ1n) is 5.51. The molecule has 1 aromatic heterocycles. The molecule has 0 N–H and O–H groups in total. The van der Waals surface area contributed by atoms with Crippen LogP contribution in [0.15, 0.2) is 65.7 Å². The van der Waals surface area contributed by atoms with E-state index >= 15 is 0 Å². The normalized spacial score (nSPS) is 12.7. The Hall–Kier alpha value is -1.91. The summed E-state index contributed by atoms with van der Waals surface area (Å²) in [5.74, 6) is 0. The molecule has 1 unspecified atom stereocenters. The third kappa shape index (κ3) is 1.85. The van der Waals surface area contributed by atoms with Crippen LogP contribution in [0.1, 0.15) is 0 Å².